The van der Waals surface area contributed by atoms with Gasteiger partial charge in [-0.15, -0.1) is 0 Å². The van der Waals surface area contributed by atoms with Crippen molar-refractivity contribution < 1.29 is 17.6 Å². The van der Waals surface area contributed by atoms with Gasteiger partial charge in [0.2, 0.25) is 5.95 Å². The predicted octanol–water partition coefficient (Wildman–Crippen LogP) is 1.29. The van der Waals surface area contributed by atoms with Gasteiger partial charge in [-0.1, -0.05) is 0 Å². The second kappa shape index (κ2) is 5.13. The highest BCUT2D eigenvalue weighted by atomic mass is 19.4. The van der Waals surface area contributed by atoms with Crippen LogP contribution in [0, 0.1) is 5.82 Å². The Balaban J connectivity index is 3.02. The van der Waals surface area contributed by atoms with Crippen molar-refractivity contribution in [3.8, 4) is 0 Å². The average molecular weight is 253 g/mol. The van der Waals surface area contributed by atoms with E-state index in [1.54, 1.807) is 0 Å². The topological polar surface area (TPSA) is 67.1 Å². The highest BCUT2D eigenvalue weighted by molar-refractivity contribution is 5.43. The van der Waals surface area contributed by atoms with Gasteiger partial charge in [0, 0.05) is 6.54 Å². The van der Waals surface area contributed by atoms with Crippen molar-refractivity contribution in [2.24, 2.45) is 5.84 Å². The van der Waals surface area contributed by atoms with Gasteiger partial charge in [-0.25, -0.2) is 15.2 Å². The molecule has 96 valence electrons. The number of hydrazine groups is 1. The van der Waals surface area contributed by atoms with Gasteiger partial charge in [0.25, 0.3) is 0 Å². The quantitative estimate of drug-likeness (QED) is 0.481. The molecule has 0 amide bonds. The molecule has 1 aromatic heterocycles. The second-order valence-corrected chi connectivity index (χ2v) is 3.14. The molecule has 0 fully saturated rings. The van der Waals surface area contributed by atoms with E-state index in [-0.39, 0.29) is 12.5 Å². The Morgan fingerprint density at radius 2 is 2.12 bits per heavy atom. The molecule has 0 bridgehead atoms. The fourth-order valence-corrected chi connectivity index (χ4v) is 1.20. The number of anilines is 2. The first-order chi connectivity index (χ1) is 7.87. The number of hydrogen-bond acceptors (Lipinski definition) is 5. The monoisotopic (exact) mass is 253 g/mol. The lowest BCUT2D eigenvalue weighted by molar-refractivity contribution is -0.119. The largest absolute Gasteiger partial charge is 0.405 e. The van der Waals surface area contributed by atoms with E-state index in [1.807, 2.05) is 5.43 Å². The molecule has 0 aromatic carbocycles. The van der Waals surface area contributed by atoms with Gasteiger partial charge in [0.05, 0.1) is 6.20 Å². The number of hydrogen-bond donors (Lipinski definition) is 2. The first-order valence-electron chi connectivity index (χ1n) is 4.68. The van der Waals surface area contributed by atoms with Crippen molar-refractivity contribution in [2.45, 2.75) is 13.1 Å². The molecule has 0 spiro atoms. The lowest BCUT2D eigenvalue weighted by atomic mass is 10.4. The molecule has 0 atom stereocenters. The van der Waals surface area contributed by atoms with Crippen LogP contribution in [0.4, 0.5) is 29.3 Å². The van der Waals surface area contributed by atoms with Crippen LogP contribution in [0.15, 0.2) is 6.20 Å². The van der Waals surface area contributed by atoms with E-state index in [0.717, 1.165) is 11.1 Å². The molecule has 0 aliphatic rings. The van der Waals surface area contributed by atoms with Crippen molar-refractivity contribution in [1.29, 1.82) is 0 Å². The number of nitrogens with two attached hydrogens (primary N) is 1. The standard InChI is InChI=1S/C8H11F4N5/c1-2-17(4-8(10,11)12)6-5(9)3-14-7(15-6)16-13/h3H,2,4,13H2,1H3,(H,14,15,16). The molecule has 17 heavy (non-hydrogen) atoms. The summed E-state index contributed by atoms with van der Waals surface area (Å²) in [6.07, 6.45) is -3.68. The highest BCUT2D eigenvalue weighted by Crippen LogP contribution is 2.22. The van der Waals surface area contributed by atoms with Crippen LogP contribution >= 0.6 is 0 Å². The molecule has 1 heterocycles. The van der Waals surface area contributed by atoms with E-state index < -0.39 is 24.4 Å². The minimum absolute atomic E-state index is 0.0442. The number of nitrogen functional groups attached to an aromatic ring is 1. The number of nitrogens with one attached hydrogen (secondary N) is 1. The van der Waals surface area contributed by atoms with Gasteiger partial charge in [-0.2, -0.15) is 18.2 Å². The molecular weight excluding hydrogens is 242 g/mol. The Morgan fingerprint density at radius 1 is 1.47 bits per heavy atom. The summed E-state index contributed by atoms with van der Waals surface area (Å²) in [6, 6.07) is 0. The van der Waals surface area contributed by atoms with Crippen LogP contribution < -0.4 is 16.2 Å². The summed E-state index contributed by atoms with van der Waals surface area (Å²) >= 11 is 0. The zero-order valence-electron chi connectivity index (χ0n) is 8.92. The molecule has 0 radical (unpaired) electrons. The highest BCUT2D eigenvalue weighted by Gasteiger charge is 2.31. The number of nitrogens with zero attached hydrogens (tertiary/aromatic N) is 3. The fraction of sp³-hybridized carbons (Fsp3) is 0.500. The van der Waals surface area contributed by atoms with Gasteiger partial charge in [-0.05, 0) is 6.92 Å². The molecule has 3 N–H and O–H groups in total. The summed E-state index contributed by atoms with van der Waals surface area (Å²) in [4.78, 5) is 7.74. The summed E-state index contributed by atoms with van der Waals surface area (Å²) in [5, 5.41) is 0. The van der Waals surface area contributed by atoms with Crippen molar-refractivity contribution in [1.82, 2.24) is 9.97 Å². The van der Waals surface area contributed by atoms with E-state index in [2.05, 4.69) is 9.97 Å². The average Bonchev–Trinajstić information content (AvgIpc) is 2.25. The summed E-state index contributed by atoms with van der Waals surface area (Å²) in [5.74, 6) is 3.48. The maximum atomic E-state index is 13.3. The summed E-state index contributed by atoms with van der Waals surface area (Å²) < 4.78 is 50.0. The Hall–Kier alpha value is -1.64. The van der Waals surface area contributed by atoms with E-state index in [9.17, 15) is 17.6 Å². The Labute approximate surface area is 94.6 Å². The minimum Gasteiger partial charge on any atom is -0.345 e. The third kappa shape index (κ3) is 3.70. The van der Waals surface area contributed by atoms with Crippen LogP contribution in [-0.4, -0.2) is 29.2 Å². The predicted molar refractivity (Wildman–Crippen MR) is 53.7 cm³/mol. The van der Waals surface area contributed by atoms with E-state index in [4.69, 9.17) is 5.84 Å². The van der Waals surface area contributed by atoms with Crippen molar-refractivity contribution >= 4 is 11.8 Å². The van der Waals surface area contributed by atoms with Crippen LogP contribution in [-0.2, 0) is 0 Å². The second-order valence-electron chi connectivity index (χ2n) is 3.14. The van der Waals surface area contributed by atoms with Crippen LogP contribution in [0.2, 0.25) is 0 Å². The van der Waals surface area contributed by atoms with E-state index in [0.29, 0.717) is 0 Å². The van der Waals surface area contributed by atoms with Crippen LogP contribution in [0.25, 0.3) is 0 Å². The van der Waals surface area contributed by atoms with Gasteiger partial charge in [0.1, 0.15) is 6.54 Å². The number of halogens is 4. The molecule has 9 heteroatoms. The molecule has 1 rings (SSSR count). The SMILES string of the molecule is CCN(CC(F)(F)F)c1nc(NN)ncc1F. The Kier molecular flexibility index (Phi) is 4.05. The molecule has 0 saturated heterocycles. The molecule has 0 aliphatic heterocycles. The van der Waals surface area contributed by atoms with Gasteiger partial charge in [-0.3, -0.25) is 5.43 Å². The summed E-state index contributed by atoms with van der Waals surface area (Å²) in [5.41, 5.74) is 2.04. The minimum atomic E-state index is -4.44. The van der Waals surface area contributed by atoms with Crippen LogP contribution in [0.5, 0.6) is 0 Å². The van der Waals surface area contributed by atoms with Crippen LogP contribution in [0.3, 0.4) is 0 Å². The molecule has 5 nitrogen and oxygen atoms in total. The maximum absolute atomic E-state index is 13.3. The maximum Gasteiger partial charge on any atom is 0.405 e. The Bertz CT molecular complexity index is 381. The van der Waals surface area contributed by atoms with Crippen molar-refractivity contribution in [2.75, 3.05) is 23.4 Å². The zero-order chi connectivity index (χ0) is 13.1. The lowest BCUT2D eigenvalue weighted by Gasteiger charge is -2.23. The third-order valence-corrected chi connectivity index (χ3v) is 1.91. The molecule has 0 unspecified atom stereocenters. The first kappa shape index (κ1) is 13.4. The summed E-state index contributed by atoms with van der Waals surface area (Å²) in [7, 11) is 0. The number of rotatable bonds is 4. The van der Waals surface area contributed by atoms with E-state index >= 15 is 0 Å². The zero-order valence-corrected chi connectivity index (χ0v) is 8.92. The molecular formula is C8H11F4N5. The van der Waals surface area contributed by atoms with Crippen molar-refractivity contribution in [3.63, 3.8) is 0 Å². The normalized spacial score (nSPS) is 11.4. The summed E-state index contributed by atoms with van der Waals surface area (Å²) in [6.45, 7) is 0.127. The van der Waals surface area contributed by atoms with Gasteiger partial charge < -0.3 is 4.90 Å². The number of aromatic nitrogens is 2. The molecule has 1 aromatic rings. The molecule has 0 aliphatic carbocycles. The van der Waals surface area contributed by atoms with E-state index in [1.165, 1.54) is 6.92 Å². The smallest absolute Gasteiger partial charge is 0.345 e. The Morgan fingerprint density at radius 3 is 2.59 bits per heavy atom. The number of alkyl halides is 3. The van der Waals surface area contributed by atoms with Gasteiger partial charge >= 0.3 is 6.18 Å². The van der Waals surface area contributed by atoms with Gasteiger partial charge in [0.15, 0.2) is 11.6 Å². The first-order valence-corrected chi connectivity index (χ1v) is 4.68. The lowest BCUT2D eigenvalue weighted by Crippen LogP contribution is -2.35. The molecule has 0 saturated carbocycles. The fourth-order valence-electron chi connectivity index (χ4n) is 1.20. The van der Waals surface area contributed by atoms with Crippen LogP contribution in [0.1, 0.15) is 6.92 Å². The third-order valence-electron chi connectivity index (χ3n) is 1.91. The van der Waals surface area contributed by atoms with Crippen molar-refractivity contribution in [3.05, 3.63) is 12.0 Å².